The molecule has 0 aromatic heterocycles. The average Bonchev–Trinajstić information content (AvgIpc) is 3.13. The normalized spacial score (nSPS) is 23.7. The van der Waals surface area contributed by atoms with E-state index < -0.39 is 11.5 Å². The molecule has 4 nitrogen and oxygen atoms in total. The van der Waals surface area contributed by atoms with Gasteiger partial charge in [-0.15, -0.1) is 0 Å². The van der Waals surface area contributed by atoms with Gasteiger partial charge in [0, 0.05) is 19.6 Å². The standard InChI is InChI=1S/C13H24N2O2/c1-13(14-2,12(16)17)9-15(7-10-3-4-10)8-11-5-6-11/h10-11,14H,3-9H2,1-2H3,(H,16,17). The predicted octanol–water partition coefficient (Wildman–Crippen LogP) is 1.17. The molecule has 0 aromatic carbocycles. The summed E-state index contributed by atoms with van der Waals surface area (Å²) in [6, 6.07) is 0. The predicted molar refractivity (Wildman–Crippen MR) is 67.0 cm³/mol. The number of hydrogen-bond donors (Lipinski definition) is 2. The molecule has 0 aliphatic heterocycles. The van der Waals surface area contributed by atoms with E-state index in [-0.39, 0.29) is 0 Å². The lowest BCUT2D eigenvalue weighted by atomic mass is 10.0. The minimum absolute atomic E-state index is 0.617. The molecule has 98 valence electrons. The lowest BCUT2D eigenvalue weighted by Gasteiger charge is -2.32. The lowest BCUT2D eigenvalue weighted by Crippen LogP contribution is -2.56. The Balaban J connectivity index is 1.90. The molecule has 0 radical (unpaired) electrons. The van der Waals surface area contributed by atoms with Crippen molar-refractivity contribution in [2.24, 2.45) is 11.8 Å². The maximum Gasteiger partial charge on any atom is 0.324 e. The van der Waals surface area contributed by atoms with Gasteiger partial charge >= 0.3 is 5.97 Å². The molecule has 2 aliphatic carbocycles. The Labute approximate surface area is 103 Å². The van der Waals surface area contributed by atoms with Crippen LogP contribution in [0.2, 0.25) is 0 Å². The second kappa shape index (κ2) is 4.94. The molecule has 2 aliphatic rings. The first-order chi connectivity index (χ1) is 8.03. The topological polar surface area (TPSA) is 52.6 Å². The van der Waals surface area contributed by atoms with Gasteiger partial charge in [-0.25, -0.2) is 0 Å². The molecule has 2 fully saturated rings. The molecular formula is C13H24N2O2. The highest BCUT2D eigenvalue weighted by atomic mass is 16.4. The van der Waals surface area contributed by atoms with Crippen molar-refractivity contribution in [2.75, 3.05) is 26.7 Å². The third-order valence-electron chi connectivity index (χ3n) is 3.99. The second-order valence-electron chi connectivity index (χ2n) is 5.97. The van der Waals surface area contributed by atoms with Gasteiger partial charge in [-0.05, 0) is 51.5 Å². The highest BCUT2D eigenvalue weighted by molar-refractivity contribution is 5.78. The van der Waals surface area contributed by atoms with Gasteiger partial charge in [-0.3, -0.25) is 4.79 Å². The highest BCUT2D eigenvalue weighted by Crippen LogP contribution is 2.34. The Morgan fingerprint density at radius 1 is 1.29 bits per heavy atom. The summed E-state index contributed by atoms with van der Waals surface area (Å²) in [6.07, 6.45) is 5.30. The average molecular weight is 240 g/mol. The van der Waals surface area contributed by atoms with E-state index in [4.69, 9.17) is 0 Å². The Kier molecular flexibility index (Phi) is 3.73. The Bertz CT molecular complexity index is 273. The minimum Gasteiger partial charge on any atom is -0.480 e. The zero-order valence-electron chi connectivity index (χ0n) is 10.9. The van der Waals surface area contributed by atoms with Crippen LogP contribution < -0.4 is 5.32 Å². The van der Waals surface area contributed by atoms with Crippen LogP contribution in [-0.4, -0.2) is 48.2 Å². The Hall–Kier alpha value is -0.610. The van der Waals surface area contributed by atoms with Crippen LogP contribution in [-0.2, 0) is 4.79 Å². The smallest absolute Gasteiger partial charge is 0.324 e. The van der Waals surface area contributed by atoms with Gasteiger partial charge in [0.2, 0.25) is 0 Å². The molecule has 0 aromatic rings. The monoisotopic (exact) mass is 240 g/mol. The molecule has 1 atom stereocenters. The number of carboxylic acid groups (broad SMARTS) is 1. The summed E-state index contributed by atoms with van der Waals surface area (Å²) >= 11 is 0. The summed E-state index contributed by atoms with van der Waals surface area (Å²) in [5.74, 6) is 0.892. The first-order valence-electron chi connectivity index (χ1n) is 6.68. The van der Waals surface area contributed by atoms with Crippen molar-refractivity contribution in [3.63, 3.8) is 0 Å². The molecule has 1 unspecified atom stereocenters. The van der Waals surface area contributed by atoms with Crippen LogP contribution in [0, 0.1) is 11.8 Å². The van der Waals surface area contributed by atoms with E-state index in [1.54, 1.807) is 14.0 Å². The number of likely N-dealkylation sites (N-methyl/N-ethyl adjacent to an activating group) is 1. The van der Waals surface area contributed by atoms with Gasteiger partial charge < -0.3 is 15.3 Å². The van der Waals surface area contributed by atoms with Gasteiger partial charge in [-0.2, -0.15) is 0 Å². The van der Waals surface area contributed by atoms with Gasteiger partial charge in [-0.1, -0.05) is 0 Å². The number of nitrogens with one attached hydrogen (secondary N) is 1. The Morgan fingerprint density at radius 2 is 1.76 bits per heavy atom. The summed E-state index contributed by atoms with van der Waals surface area (Å²) < 4.78 is 0. The van der Waals surface area contributed by atoms with E-state index in [2.05, 4.69) is 10.2 Å². The number of hydrogen-bond acceptors (Lipinski definition) is 3. The first-order valence-corrected chi connectivity index (χ1v) is 6.68. The van der Waals surface area contributed by atoms with Gasteiger partial charge in [0.05, 0.1) is 0 Å². The highest BCUT2D eigenvalue weighted by Gasteiger charge is 2.37. The zero-order chi connectivity index (χ0) is 12.5. The molecule has 0 heterocycles. The van der Waals surface area contributed by atoms with E-state index in [9.17, 15) is 9.90 Å². The second-order valence-corrected chi connectivity index (χ2v) is 5.97. The van der Waals surface area contributed by atoms with Crippen molar-refractivity contribution >= 4 is 5.97 Å². The van der Waals surface area contributed by atoms with E-state index in [0.29, 0.717) is 6.54 Å². The number of nitrogens with zero attached hydrogens (tertiary/aromatic N) is 1. The van der Waals surface area contributed by atoms with E-state index >= 15 is 0 Å². The van der Waals surface area contributed by atoms with Crippen molar-refractivity contribution in [1.82, 2.24) is 10.2 Å². The fraction of sp³-hybridized carbons (Fsp3) is 0.923. The fourth-order valence-electron chi connectivity index (χ4n) is 2.24. The quantitative estimate of drug-likeness (QED) is 0.669. The number of aliphatic carboxylic acids is 1. The zero-order valence-corrected chi connectivity index (χ0v) is 10.9. The van der Waals surface area contributed by atoms with Crippen molar-refractivity contribution in [3.8, 4) is 0 Å². The summed E-state index contributed by atoms with van der Waals surface area (Å²) in [5.41, 5.74) is -0.816. The first kappa shape index (κ1) is 12.8. The molecule has 17 heavy (non-hydrogen) atoms. The maximum atomic E-state index is 11.3. The summed E-state index contributed by atoms with van der Waals surface area (Å²) in [4.78, 5) is 13.7. The number of rotatable bonds is 8. The van der Waals surface area contributed by atoms with Crippen molar-refractivity contribution in [3.05, 3.63) is 0 Å². The van der Waals surface area contributed by atoms with Crippen LogP contribution in [0.15, 0.2) is 0 Å². The molecule has 2 rings (SSSR count). The molecule has 2 saturated carbocycles. The summed E-state index contributed by atoms with van der Waals surface area (Å²) in [7, 11) is 1.74. The molecular weight excluding hydrogens is 216 g/mol. The largest absolute Gasteiger partial charge is 0.480 e. The SMILES string of the molecule is CNC(C)(CN(CC1CC1)CC1CC1)C(=O)O. The van der Waals surface area contributed by atoms with E-state index in [1.807, 2.05) is 0 Å². The third kappa shape index (κ3) is 3.68. The van der Waals surface area contributed by atoms with Crippen LogP contribution in [0.1, 0.15) is 32.6 Å². The molecule has 0 saturated heterocycles. The van der Waals surface area contributed by atoms with Gasteiger partial charge in [0.15, 0.2) is 0 Å². The van der Waals surface area contributed by atoms with E-state index in [1.165, 1.54) is 25.7 Å². The van der Waals surface area contributed by atoms with Crippen LogP contribution in [0.4, 0.5) is 0 Å². The molecule has 0 spiro atoms. The van der Waals surface area contributed by atoms with Crippen LogP contribution in [0.3, 0.4) is 0 Å². The van der Waals surface area contributed by atoms with Gasteiger partial charge in [0.1, 0.15) is 5.54 Å². The van der Waals surface area contributed by atoms with Crippen molar-refractivity contribution in [1.29, 1.82) is 0 Å². The molecule has 0 bridgehead atoms. The fourth-order valence-corrected chi connectivity index (χ4v) is 2.24. The summed E-state index contributed by atoms with van der Waals surface area (Å²) in [5, 5.41) is 12.2. The van der Waals surface area contributed by atoms with Crippen LogP contribution >= 0.6 is 0 Å². The molecule has 4 heteroatoms. The molecule has 2 N–H and O–H groups in total. The van der Waals surface area contributed by atoms with Crippen LogP contribution in [0.5, 0.6) is 0 Å². The number of carbonyl (C=O) groups is 1. The van der Waals surface area contributed by atoms with Crippen LogP contribution in [0.25, 0.3) is 0 Å². The Morgan fingerprint density at radius 3 is 2.06 bits per heavy atom. The van der Waals surface area contributed by atoms with Crippen molar-refractivity contribution < 1.29 is 9.90 Å². The lowest BCUT2D eigenvalue weighted by molar-refractivity contribution is -0.144. The van der Waals surface area contributed by atoms with E-state index in [0.717, 1.165) is 24.9 Å². The third-order valence-corrected chi connectivity index (χ3v) is 3.99. The minimum atomic E-state index is -0.816. The van der Waals surface area contributed by atoms with Gasteiger partial charge in [0.25, 0.3) is 0 Å². The van der Waals surface area contributed by atoms with Crippen molar-refractivity contribution in [2.45, 2.75) is 38.1 Å². The molecule has 0 amide bonds. The maximum absolute atomic E-state index is 11.3. The summed E-state index contributed by atoms with van der Waals surface area (Å²) in [6.45, 7) is 4.57. The number of carboxylic acids is 1.